The van der Waals surface area contributed by atoms with Crippen LogP contribution in [0.2, 0.25) is 0 Å². The van der Waals surface area contributed by atoms with Crippen molar-refractivity contribution in [2.45, 2.75) is 18.9 Å². The van der Waals surface area contributed by atoms with E-state index in [0.29, 0.717) is 5.57 Å². The van der Waals surface area contributed by atoms with Gasteiger partial charge in [-0.05, 0) is 12.5 Å². The lowest BCUT2D eigenvalue weighted by Crippen LogP contribution is -2.31. The highest BCUT2D eigenvalue weighted by Crippen LogP contribution is 2.19. The van der Waals surface area contributed by atoms with Crippen molar-refractivity contribution in [2.75, 3.05) is 6.67 Å². The van der Waals surface area contributed by atoms with E-state index in [0.717, 1.165) is 0 Å². The highest BCUT2D eigenvalue weighted by atomic mass is 19.1. The number of hydrogen-bond acceptors (Lipinski definition) is 1. The minimum Gasteiger partial charge on any atom is -0.382 e. The lowest BCUT2D eigenvalue weighted by molar-refractivity contribution is 0.0540. The van der Waals surface area contributed by atoms with Gasteiger partial charge in [-0.2, -0.15) is 0 Å². The van der Waals surface area contributed by atoms with Crippen molar-refractivity contribution >= 4 is 0 Å². The molecule has 0 spiro atoms. The van der Waals surface area contributed by atoms with Gasteiger partial charge in [0.25, 0.3) is 0 Å². The summed E-state index contributed by atoms with van der Waals surface area (Å²) >= 11 is 0. The van der Waals surface area contributed by atoms with Gasteiger partial charge in [0, 0.05) is 6.42 Å². The number of aliphatic hydroxyl groups is 1. The van der Waals surface area contributed by atoms with E-state index in [9.17, 15) is 9.50 Å². The maximum absolute atomic E-state index is 12.1. The molecule has 1 unspecified atom stereocenters. The molecule has 0 saturated heterocycles. The monoisotopic (exact) mass is 144 g/mol. The summed E-state index contributed by atoms with van der Waals surface area (Å²) in [5.74, 6) is 0. The van der Waals surface area contributed by atoms with Crippen molar-refractivity contribution < 1.29 is 9.50 Å². The first-order valence-corrected chi connectivity index (χ1v) is 3.12. The van der Waals surface area contributed by atoms with Crippen LogP contribution in [0.3, 0.4) is 0 Å². The first kappa shape index (κ1) is 9.37. The van der Waals surface area contributed by atoms with Gasteiger partial charge in [0.15, 0.2) is 0 Å². The van der Waals surface area contributed by atoms with Gasteiger partial charge >= 0.3 is 0 Å². The standard InChI is InChI=1S/C8H13FO/c1-4-5-8(10,6-9)7(2)3/h4,10H,1-2,5-6H2,3H3. The van der Waals surface area contributed by atoms with Crippen LogP contribution in [0.4, 0.5) is 4.39 Å². The van der Waals surface area contributed by atoms with Crippen LogP contribution >= 0.6 is 0 Å². The van der Waals surface area contributed by atoms with Crippen LogP contribution in [-0.2, 0) is 0 Å². The lowest BCUT2D eigenvalue weighted by atomic mass is 9.94. The third-order valence-corrected chi connectivity index (χ3v) is 1.50. The Labute approximate surface area is 60.9 Å². The Kier molecular flexibility index (Phi) is 3.30. The van der Waals surface area contributed by atoms with Crippen molar-refractivity contribution in [3.8, 4) is 0 Å². The molecule has 2 heteroatoms. The third kappa shape index (κ3) is 1.95. The first-order chi connectivity index (χ1) is 4.56. The summed E-state index contributed by atoms with van der Waals surface area (Å²) in [5.41, 5.74) is -0.947. The quantitative estimate of drug-likeness (QED) is 0.597. The summed E-state index contributed by atoms with van der Waals surface area (Å²) < 4.78 is 12.1. The summed E-state index contributed by atoms with van der Waals surface area (Å²) in [6.07, 6.45) is 1.70. The van der Waals surface area contributed by atoms with Gasteiger partial charge in [-0.1, -0.05) is 12.7 Å². The topological polar surface area (TPSA) is 20.2 Å². The molecule has 10 heavy (non-hydrogen) atoms. The van der Waals surface area contributed by atoms with Crippen molar-refractivity contribution in [2.24, 2.45) is 0 Å². The molecular formula is C8H13FO. The smallest absolute Gasteiger partial charge is 0.122 e. The van der Waals surface area contributed by atoms with Gasteiger partial charge < -0.3 is 5.11 Å². The van der Waals surface area contributed by atoms with E-state index >= 15 is 0 Å². The van der Waals surface area contributed by atoms with Gasteiger partial charge in [-0.25, -0.2) is 4.39 Å². The van der Waals surface area contributed by atoms with Gasteiger partial charge in [0.05, 0.1) is 0 Å². The summed E-state index contributed by atoms with van der Waals surface area (Å²) in [5, 5.41) is 9.35. The van der Waals surface area contributed by atoms with Crippen molar-refractivity contribution in [1.82, 2.24) is 0 Å². The molecule has 0 saturated carbocycles. The predicted octanol–water partition coefficient (Wildman–Crippen LogP) is 1.84. The lowest BCUT2D eigenvalue weighted by Gasteiger charge is -2.23. The Morgan fingerprint density at radius 2 is 2.30 bits per heavy atom. The molecule has 0 aromatic heterocycles. The Morgan fingerprint density at radius 3 is 2.40 bits per heavy atom. The Hall–Kier alpha value is -0.630. The average Bonchev–Trinajstić information content (AvgIpc) is 1.88. The molecular weight excluding hydrogens is 131 g/mol. The third-order valence-electron chi connectivity index (χ3n) is 1.50. The highest BCUT2D eigenvalue weighted by Gasteiger charge is 2.25. The Morgan fingerprint density at radius 1 is 1.80 bits per heavy atom. The molecule has 0 amide bonds. The van der Waals surface area contributed by atoms with Crippen LogP contribution in [0.5, 0.6) is 0 Å². The molecule has 0 heterocycles. The summed E-state index contributed by atoms with van der Waals surface area (Å²) in [6, 6.07) is 0. The normalized spacial score (nSPS) is 15.9. The number of rotatable bonds is 4. The first-order valence-electron chi connectivity index (χ1n) is 3.12. The molecule has 0 fully saturated rings. The van der Waals surface area contributed by atoms with E-state index in [2.05, 4.69) is 13.2 Å². The molecule has 58 valence electrons. The average molecular weight is 144 g/mol. The second-order valence-electron chi connectivity index (χ2n) is 2.44. The van der Waals surface area contributed by atoms with Crippen LogP contribution in [-0.4, -0.2) is 17.4 Å². The summed E-state index contributed by atoms with van der Waals surface area (Å²) in [7, 11) is 0. The molecule has 0 aromatic rings. The van der Waals surface area contributed by atoms with Gasteiger partial charge in [0.1, 0.15) is 12.3 Å². The minimum absolute atomic E-state index is 0.221. The maximum Gasteiger partial charge on any atom is 0.122 e. The zero-order valence-corrected chi connectivity index (χ0v) is 6.23. The van der Waals surface area contributed by atoms with Crippen LogP contribution in [0, 0.1) is 0 Å². The number of alkyl halides is 1. The predicted molar refractivity (Wildman–Crippen MR) is 40.6 cm³/mol. The zero-order valence-electron chi connectivity index (χ0n) is 6.23. The highest BCUT2D eigenvalue weighted by molar-refractivity contribution is 5.11. The maximum atomic E-state index is 12.1. The molecule has 1 atom stereocenters. The molecule has 0 radical (unpaired) electrons. The summed E-state index contributed by atoms with van der Waals surface area (Å²) in [6.45, 7) is 7.69. The Balaban J connectivity index is 4.21. The van der Waals surface area contributed by atoms with Crippen molar-refractivity contribution in [3.05, 3.63) is 24.8 Å². The van der Waals surface area contributed by atoms with Crippen LogP contribution < -0.4 is 0 Å². The molecule has 0 rings (SSSR count). The molecule has 0 aromatic carbocycles. The number of halogens is 1. The fourth-order valence-corrected chi connectivity index (χ4v) is 0.582. The summed E-state index contributed by atoms with van der Waals surface area (Å²) in [4.78, 5) is 0. The van der Waals surface area contributed by atoms with Crippen LogP contribution in [0.15, 0.2) is 24.8 Å². The zero-order chi connectivity index (χ0) is 8.20. The SMILES string of the molecule is C=CCC(O)(CF)C(=C)C. The van der Waals surface area contributed by atoms with E-state index in [-0.39, 0.29) is 6.42 Å². The number of hydrogen-bond donors (Lipinski definition) is 1. The Bertz CT molecular complexity index is 142. The van der Waals surface area contributed by atoms with E-state index in [1.165, 1.54) is 6.08 Å². The van der Waals surface area contributed by atoms with E-state index in [1.54, 1.807) is 6.92 Å². The fraction of sp³-hybridized carbons (Fsp3) is 0.500. The molecule has 0 aliphatic heterocycles. The van der Waals surface area contributed by atoms with Crippen molar-refractivity contribution in [1.29, 1.82) is 0 Å². The van der Waals surface area contributed by atoms with E-state index in [4.69, 9.17) is 0 Å². The largest absolute Gasteiger partial charge is 0.382 e. The molecule has 0 aliphatic carbocycles. The fourth-order valence-electron chi connectivity index (χ4n) is 0.582. The van der Waals surface area contributed by atoms with Crippen LogP contribution in [0.1, 0.15) is 13.3 Å². The minimum atomic E-state index is -1.39. The second kappa shape index (κ2) is 3.52. The molecule has 1 nitrogen and oxygen atoms in total. The van der Waals surface area contributed by atoms with Gasteiger partial charge in [0.2, 0.25) is 0 Å². The van der Waals surface area contributed by atoms with E-state index < -0.39 is 12.3 Å². The molecule has 0 aliphatic rings. The van der Waals surface area contributed by atoms with Gasteiger partial charge in [-0.15, -0.1) is 6.58 Å². The second-order valence-corrected chi connectivity index (χ2v) is 2.44. The van der Waals surface area contributed by atoms with Crippen LogP contribution in [0.25, 0.3) is 0 Å². The molecule has 0 bridgehead atoms. The van der Waals surface area contributed by atoms with E-state index in [1.807, 2.05) is 0 Å². The van der Waals surface area contributed by atoms with Crippen molar-refractivity contribution in [3.63, 3.8) is 0 Å². The van der Waals surface area contributed by atoms with Gasteiger partial charge in [-0.3, -0.25) is 0 Å². The molecule has 1 N–H and O–H groups in total.